The zero-order valence-electron chi connectivity index (χ0n) is 13.7. The predicted molar refractivity (Wildman–Crippen MR) is 92.5 cm³/mol. The second kappa shape index (κ2) is 8.10. The summed E-state index contributed by atoms with van der Waals surface area (Å²) in [7, 11) is 3.84. The fourth-order valence-electron chi connectivity index (χ4n) is 2.08. The lowest BCUT2D eigenvalue weighted by Gasteiger charge is -2.13. The zero-order chi connectivity index (χ0) is 17.5. The van der Waals surface area contributed by atoms with Crippen molar-refractivity contribution >= 4 is 23.2 Å². The molecule has 2 rings (SSSR count). The van der Waals surface area contributed by atoms with Gasteiger partial charge in [-0.15, -0.1) is 0 Å². The van der Waals surface area contributed by atoms with Crippen LogP contribution in [0.3, 0.4) is 0 Å². The number of nitrogens with one attached hydrogen (secondary N) is 2. The van der Waals surface area contributed by atoms with Crippen LogP contribution in [-0.2, 0) is 16.0 Å². The second-order valence-corrected chi connectivity index (χ2v) is 5.53. The van der Waals surface area contributed by atoms with Gasteiger partial charge in [-0.25, -0.2) is 4.39 Å². The van der Waals surface area contributed by atoms with Crippen LogP contribution in [0.4, 0.5) is 15.8 Å². The summed E-state index contributed by atoms with van der Waals surface area (Å²) in [5, 5.41) is 5.09. The average Bonchev–Trinajstić information content (AvgIpc) is 2.57. The minimum atomic E-state index is -0.716. The summed E-state index contributed by atoms with van der Waals surface area (Å²) in [6, 6.07) is 13.2. The van der Waals surface area contributed by atoms with E-state index in [0.29, 0.717) is 18.7 Å². The van der Waals surface area contributed by atoms with Crippen LogP contribution in [0.25, 0.3) is 0 Å². The third-order valence-electron chi connectivity index (χ3n) is 3.46. The maximum atomic E-state index is 12.8. The van der Waals surface area contributed by atoms with Gasteiger partial charge in [0.1, 0.15) is 5.82 Å². The maximum Gasteiger partial charge on any atom is 0.313 e. The van der Waals surface area contributed by atoms with Gasteiger partial charge in [0.2, 0.25) is 0 Å². The molecule has 0 aliphatic heterocycles. The number of rotatable bonds is 5. The summed E-state index contributed by atoms with van der Waals surface area (Å²) in [6.45, 7) is 0.303. The lowest BCUT2D eigenvalue weighted by molar-refractivity contribution is -0.136. The van der Waals surface area contributed by atoms with Crippen LogP contribution in [-0.4, -0.2) is 32.5 Å². The molecule has 6 heteroatoms. The SMILES string of the molecule is CN(C)c1ccc(NC(=O)C(=O)NCCc2ccc(F)cc2)cc1. The van der Waals surface area contributed by atoms with Gasteiger partial charge in [-0.2, -0.15) is 0 Å². The van der Waals surface area contributed by atoms with E-state index < -0.39 is 11.8 Å². The fourth-order valence-corrected chi connectivity index (χ4v) is 2.08. The Morgan fingerprint density at radius 2 is 1.58 bits per heavy atom. The summed E-state index contributed by atoms with van der Waals surface area (Å²) in [6.07, 6.45) is 0.525. The highest BCUT2D eigenvalue weighted by molar-refractivity contribution is 6.39. The summed E-state index contributed by atoms with van der Waals surface area (Å²) in [4.78, 5) is 25.5. The third-order valence-corrected chi connectivity index (χ3v) is 3.46. The molecule has 0 radical (unpaired) electrons. The molecule has 0 aliphatic carbocycles. The van der Waals surface area contributed by atoms with Crippen molar-refractivity contribution in [3.8, 4) is 0 Å². The molecule has 24 heavy (non-hydrogen) atoms. The Balaban J connectivity index is 1.79. The first-order chi connectivity index (χ1) is 11.5. The van der Waals surface area contributed by atoms with Crippen LogP contribution in [0.1, 0.15) is 5.56 Å². The topological polar surface area (TPSA) is 61.4 Å². The summed E-state index contributed by atoms with van der Waals surface area (Å²) in [5.41, 5.74) is 2.44. The van der Waals surface area contributed by atoms with Gasteiger partial charge in [0.05, 0.1) is 0 Å². The minimum Gasteiger partial charge on any atom is -0.378 e. The molecule has 0 bridgehead atoms. The average molecular weight is 329 g/mol. The van der Waals surface area contributed by atoms with Crippen LogP contribution in [0.5, 0.6) is 0 Å². The standard InChI is InChI=1S/C18H20FN3O2/c1-22(2)16-9-7-15(8-10-16)21-18(24)17(23)20-12-11-13-3-5-14(19)6-4-13/h3-10H,11-12H2,1-2H3,(H,20,23)(H,21,24). The molecule has 0 fully saturated rings. The van der Waals surface area contributed by atoms with Crippen molar-refractivity contribution in [3.05, 3.63) is 59.9 Å². The first-order valence-electron chi connectivity index (χ1n) is 7.57. The molecule has 0 spiro atoms. The summed E-state index contributed by atoms with van der Waals surface area (Å²) >= 11 is 0. The van der Waals surface area contributed by atoms with Gasteiger partial charge in [-0.05, 0) is 48.4 Å². The Kier molecular flexibility index (Phi) is 5.89. The Morgan fingerprint density at radius 1 is 0.958 bits per heavy atom. The quantitative estimate of drug-likeness (QED) is 0.827. The molecule has 0 saturated heterocycles. The number of anilines is 2. The molecule has 2 amide bonds. The molecule has 2 aromatic carbocycles. The number of carbonyl (C=O) groups excluding carboxylic acids is 2. The highest BCUT2D eigenvalue weighted by Crippen LogP contribution is 2.15. The van der Waals surface area contributed by atoms with Gasteiger partial charge in [-0.1, -0.05) is 12.1 Å². The van der Waals surface area contributed by atoms with E-state index in [0.717, 1.165) is 11.3 Å². The van der Waals surface area contributed by atoms with E-state index in [9.17, 15) is 14.0 Å². The highest BCUT2D eigenvalue weighted by Gasteiger charge is 2.13. The van der Waals surface area contributed by atoms with Crippen LogP contribution < -0.4 is 15.5 Å². The molecule has 0 aliphatic rings. The summed E-state index contributed by atoms with van der Waals surface area (Å²) < 4.78 is 12.8. The highest BCUT2D eigenvalue weighted by atomic mass is 19.1. The normalized spacial score (nSPS) is 10.1. The van der Waals surface area contributed by atoms with E-state index in [1.165, 1.54) is 12.1 Å². The van der Waals surface area contributed by atoms with Crippen molar-refractivity contribution < 1.29 is 14.0 Å². The molecule has 5 nitrogen and oxygen atoms in total. The number of nitrogens with zero attached hydrogens (tertiary/aromatic N) is 1. The third kappa shape index (κ3) is 5.08. The fraction of sp³-hybridized carbons (Fsp3) is 0.222. The van der Waals surface area contributed by atoms with Crippen LogP contribution >= 0.6 is 0 Å². The molecule has 0 atom stereocenters. The predicted octanol–water partition coefficient (Wildman–Crippen LogP) is 2.19. The van der Waals surface area contributed by atoms with Crippen molar-refractivity contribution in [2.75, 3.05) is 30.9 Å². The van der Waals surface area contributed by atoms with Crippen LogP contribution in [0.15, 0.2) is 48.5 Å². The number of benzene rings is 2. The Morgan fingerprint density at radius 3 is 2.17 bits per heavy atom. The molecule has 2 aromatic rings. The van der Waals surface area contributed by atoms with Gasteiger partial charge in [-0.3, -0.25) is 9.59 Å². The zero-order valence-corrected chi connectivity index (χ0v) is 13.7. The lowest BCUT2D eigenvalue weighted by Crippen LogP contribution is -2.36. The molecule has 2 N–H and O–H groups in total. The maximum absolute atomic E-state index is 12.8. The number of hydrogen-bond donors (Lipinski definition) is 2. The van der Waals surface area contributed by atoms with Gasteiger partial charge < -0.3 is 15.5 Å². The van der Waals surface area contributed by atoms with Gasteiger partial charge in [0.15, 0.2) is 0 Å². The van der Waals surface area contributed by atoms with E-state index >= 15 is 0 Å². The molecular formula is C18H20FN3O2. The van der Waals surface area contributed by atoms with Gasteiger partial charge in [0, 0.05) is 32.0 Å². The Bertz CT molecular complexity index is 697. The number of halogens is 1. The van der Waals surface area contributed by atoms with E-state index in [4.69, 9.17) is 0 Å². The van der Waals surface area contributed by atoms with E-state index in [2.05, 4.69) is 10.6 Å². The molecule has 0 heterocycles. The van der Waals surface area contributed by atoms with Crippen LogP contribution in [0, 0.1) is 5.82 Å². The largest absolute Gasteiger partial charge is 0.378 e. The molecule has 0 unspecified atom stereocenters. The Hall–Kier alpha value is -2.89. The van der Waals surface area contributed by atoms with E-state index in [1.807, 2.05) is 31.1 Å². The second-order valence-electron chi connectivity index (χ2n) is 5.53. The lowest BCUT2D eigenvalue weighted by atomic mass is 10.1. The Labute approximate surface area is 140 Å². The molecule has 126 valence electrons. The summed E-state index contributed by atoms with van der Waals surface area (Å²) in [5.74, 6) is -1.72. The van der Waals surface area contributed by atoms with Crippen molar-refractivity contribution in [3.63, 3.8) is 0 Å². The molecule has 0 aromatic heterocycles. The van der Waals surface area contributed by atoms with Crippen molar-refractivity contribution in [1.29, 1.82) is 0 Å². The van der Waals surface area contributed by atoms with Gasteiger partial charge >= 0.3 is 11.8 Å². The first-order valence-corrected chi connectivity index (χ1v) is 7.57. The minimum absolute atomic E-state index is 0.303. The van der Waals surface area contributed by atoms with Crippen molar-refractivity contribution in [2.45, 2.75) is 6.42 Å². The monoisotopic (exact) mass is 329 g/mol. The number of carbonyl (C=O) groups is 2. The van der Waals surface area contributed by atoms with Crippen molar-refractivity contribution in [2.24, 2.45) is 0 Å². The number of amides is 2. The molecule has 0 saturated carbocycles. The smallest absolute Gasteiger partial charge is 0.313 e. The number of hydrogen-bond acceptors (Lipinski definition) is 3. The van der Waals surface area contributed by atoms with Gasteiger partial charge in [0.25, 0.3) is 0 Å². The van der Waals surface area contributed by atoms with E-state index in [-0.39, 0.29) is 5.82 Å². The van der Waals surface area contributed by atoms with E-state index in [1.54, 1.807) is 24.3 Å². The molecular weight excluding hydrogens is 309 g/mol. The first kappa shape index (κ1) is 17.5. The van der Waals surface area contributed by atoms with Crippen molar-refractivity contribution in [1.82, 2.24) is 5.32 Å². The van der Waals surface area contributed by atoms with Crippen LogP contribution in [0.2, 0.25) is 0 Å².